The minimum Gasteiger partial charge on any atom is -0.242 e. The van der Waals surface area contributed by atoms with Gasteiger partial charge in [-0.3, -0.25) is 0 Å². The highest BCUT2D eigenvalue weighted by atomic mass is 35.5. The highest BCUT2D eigenvalue weighted by Gasteiger charge is 2.06. The predicted molar refractivity (Wildman–Crippen MR) is 43.7 cm³/mol. The van der Waals surface area contributed by atoms with Crippen LogP contribution in [0.5, 0.6) is 0 Å². The van der Waals surface area contributed by atoms with Gasteiger partial charge in [0.25, 0.3) is 0 Å². The van der Waals surface area contributed by atoms with Gasteiger partial charge in [-0.25, -0.2) is 4.98 Å². The van der Waals surface area contributed by atoms with Crippen molar-refractivity contribution in [3.05, 3.63) is 27.5 Å². The van der Waals surface area contributed by atoms with Gasteiger partial charge in [0.05, 0.1) is 10.6 Å². The standard InChI is InChI=1S/C7H4Cl2N2/c1-4-5(2-10)3-11-7(9)6(4)8/h3H,1H3. The summed E-state index contributed by atoms with van der Waals surface area (Å²) in [7, 11) is 0. The molecule has 0 aromatic carbocycles. The molecule has 0 radical (unpaired) electrons. The van der Waals surface area contributed by atoms with E-state index in [-0.39, 0.29) is 5.15 Å². The molecule has 0 saturated heterocycles. The monoisotopic (exact) mass is 186 g/mol. The summed E-state index contributed by atoms with van der Waals surface area (Å²) in [6.45, 7) is 1.73. The van der Waals surface area contributed by atoms with E-state index in [1.165, 1.54) is 6.20 Å². The first-order valence-electron chi connectivity index (χ1n) is 2.87. The van der Waals surface area contributed by atoms with Crippen molar-refractivity contribution in [1.82, 2.24) is 4.98 Å². The number of nitrogens with zero attached hydrogens (tertiary/aromatic N) is 2. The van der Waals surface area contributed by atoms with E-state index in [0.29, 0.717) is 16.1 Å². The van der Waals surface area contributed by atoms with Crippen LogP contribution in [0.15, 0.2) is 6.20 Å². The Morgan fingerprint density at radius 1 is 1.55 bits per heavy atom. The lowest BCUT2D eigenvalue weighted by Gasteiger charge is -1.99. The fraction of sp³-hybridized carbons (Fsp3) is 0.143. The predicted octanol–water partition coefficient (Wildman–Crippen LogP) is 2.57. The molecule has 0 aliphatic heterocycles. The zero-order valence-electron chi connectivity index (χ0n) is 5.73. The Morgan fingerprint density at radius 2 is 2.18 bits per heavy atom. The van der Waals surface area contributed by atoms with E-state index < -0.39 is 0 Å². The summed E-state index contributed by atoms with van der Waals surface area (Å²) in [6.07, 6.45) is 1.41. The fourth-order valence-corrected chi connectivity index (χ4v) is 1.00. The minimum atomic E-state index is 0.239. The van der Waals surface area contributed by atoms with E-state index in [2.05, 4.69) is 4.98 Å². The van der Waals surface area contributed by atoms with Gasteiger partial charge in [-0.1, -0.05) is 23.2 Å². The average Bonchev–Trinajstić information content (AvgIpc) is 2.01. The number of hydrogen-bond donors (Lipinski definition) is 0. The number of rotatable bonds is 0. The third-order valence-corrected chi connectivity index (χ3v) is 2.19. The first-order chi connectivity index (χ1) is 5.16. The molecule has 1 rings (SSSR count). The van der Waals surface area contributed by atoms with Gasteiger partial charge in [0.1, 0.15) is 11.2 Å². The molecule has 0 amide bonds. The first-order valence-corrected chi connectivity index (χ1v) is 3.63. The van der Waals surface area contributed by atoms with Crippen LogP contribution >= 0.6 is 23.2 Å². The van der Waals surface area contributed by atoms with Crippen molar-refractivity contribution in [3.63, 3.8) is 0 Å². The summed E-state index contributed by atoms with van der Waals surface area (Å²) < 4.78 is 0. The summed E-state index contributed by atoms with van der Waals surface area (Å²) >= 11 is 11.3. The zero-order valence-corrected chi connectivity index (χ0v) is 7.24. The van der Waals surface area contributed by atoms with Crippen LogP contribution in [-0.2, 0) is 0 Å². The van der Waals surface area contributed by atoms with E-state index in [1.54, 1.807) is 6.92 Å². The summed E-state index contributed by atoms with van der Waals surface area (Å²) in [5, 5.41) is 9.13. The summed E-state index contributed by atoms with van der Waals surface area (Å²) in [5.74, 6) is 0. The van der Waals surface area contributed by atoms with Crippen LogP contribution in [-0.4, -0.2) is 4.98 Å². The maximum Gasteiger partial charge on any atom is 0.147 e. The number of hydrogen-bond acceptors (Lipinski definition) is 2. The van der Waals surface area contributed by atoms with Crippen LogP contribution in [0.1, 0.15) is 11.1 Å². The SMILES string of the molecule is Cc1c(C#N)cnc(Cl)c1Cl. The quantitative estimate of drug-likeness (QED) is 0.585. The highest BCUT2D eigenvalue weighted by Crippen LogP contribution is 2.24. The molecular weight excluding hydrogens is 183 g/mol. The number of pyridine rings is 1. The molecule has 1 aromatic rings. The van der Waals surface area contributed by atoms with E-state index in [1.807, 2.05) is 6.07 Å². The van der Waals surface area contributed by atoms with Crippen LogP contribution in [0.25, 0.3) is 0 Å². The maximum absolute atomic E-state index is 8.54. The molecule has 4 heteroatoms. The van der Waals surface area contributed by atoms with Gasteiger partial charge in [-0.05, 0) is 12.5 Å². The second kappa shape index (κ2) is 3.08. The molecule has 0 saturated carbocycles. The second-order valence-electron chi connectivity index (χ2n) is 2.01. The van der Waals surface area contributed by atoms with Gasteiger partial charge in [-0.2, -0.15) is 5.26 Å². The lowest BCUT2D eigenvalue weighted by Crippen LogP contribution is -1.87. The van der Waals surface area contributed by atoms with Gasteiger partial charge < -0.3 is 0 Å². The molecule has 0 N–H and O–H groups in total. The number of halogens is 2. The van der Waals surface area contributed by atoms with Gasteiger partial charge in [0.2, 0.25) is 0 Å². The molecule has 1 aromatic heterocycles. The van der Waals surface area contributed by atoms with E-state index in [4.69, 9.17) is 28.5 Å². The summed E-state index contributed by atoms with van der Waals surface area (Å²) in [6, 6.07) is 1.96. The van der Waals surface area contributed by atoms with Crippen LogP contribution < -0.4 is 0 Å². The highest BCUT2D eigenvalue weighted by molar-refractivity contribution is 6.41. The van der Waals surface area contributed by atoms with Crippen molar-refractivity contribution < 1.29 is 0 Å². The van der Waals surface area contributed by atoms with Crippen molar-refractivity contribution in [3.8, 4) is 6.07 Å². The molecule has 0 fully saturated rings. The lowest BCUT2D eigenvalue weighted by atomic mass is 10.2. The molecule has 0 atom stereocenters. The van der Waals surface area contributed by atoms with Crippen molar-refractivity contribution in [1.29, 1.82) is 5.26 Å². The third-order valence-electron chi connectivity index (χ3n) is 1.34. The smallest absolute Gasteiger partial charge is 0.147 e. The Hall–Kier alpha value is -0.780. The average molecular weight is 187 g/mol. The van der Waals surface area contributed by atoms with Crippen molar-refractivity contribution in [2.24, 2.45) is 0 Å². The molecule has 0 aliphatic rings. The Balaban J connectivity index is 3.40. The Labute approximate surface area is 74.4 Å². The lowest BCUT2D eigenvalue weighted by molar-refractivity contribution is 1.25. The van der Waals surface area contributed by atoms with E-state index in [9.17, 15) is 0 Å². The summed E-state index contributed by atoms with van der Waals surface area (Å²) in [4.78, 5) is 3.72. The normalized spacial score (nSPS) is 9.27. The Bertz CT molecular complexity index is 328. The van der Waals surface area contributed by atoms with Crippen LogP contribution in [0.3, 0.4) is 0 Å². The first kappa shape index (κ1) is 8.32. The molecule has 1 heterocycles. The van der Waals surface area contributed by atoms with Crippen LogP contribution in [0.4, 0.5) is 0 Å². The van der Waals surface area contributed by atoms with Gasteiger partial charge in [-0.15, -0.1) is 0 Å². The van der Waals surface area contributed by atoms with E-state index >= 15 is 0 Å². The molecule has 2 nitrogen and oxygen atoms in total. The minimum absolute atomic E-state index is 0.239. The zero-order chi connectivity index (χ0) is 8.43. The van der Waals surface area contributed by atoms with Gasteiger partial charge in [0, 0.05) is 6.20 Å². The van der Waals surface area contributed by atoms with Crippen LogP contribution in [0.2, 0.25) is 10.2 Å². The number of nitriles is 1. The van der Waals surface area contributed by atoms with Gasteiger partial charge in [0.15, 0.2) is 0 Å². The molecule has 0 bridgehead atoms. The Morgan fingerprint density at radius 3 is 2.73 bits per heavy atom. The molecule has 56 valence electrons. The molecule has 0 aliphatic carbocycles. The van der Waals surface area contributed by atoms with Crippen molar-refractivity contribution >= 4 is 23.2 Å². The second-order valence-corrected chi connectivity index (χ2v) is 2.75. The molecule has 11 heavy (non-hydrogen) atoms. The largest absolute Gasteiger partial charge is 0.242 e. The summed E-state index contributed by atoms with van der Waals surface area (Å²) in [5.41, 5.74) is 1.13. The molecule has 0 unspecified atom stereocenters. The topological polar surface area (TPSA) is 36.7 Å². The maximum atomic E-state index is 8.54. The fourth-order valence-electron chi connectivity index (χ4n) is 0.660. The van der Waals surface area contributed by atoms with Gasteiger partial charge >= 0.3 is 0 Å². The molecule has 0 spiro atoms. The third kappa shape index (κ3) is 1.45. The number of aromatic nitrogens is 1. The van der Waals surface area contributed by atoms with E-state index in [0.717, 1.165) is 0 Å². The van der Waals surface area contributed by atoms with Crippen molar-refractivity contribution in [2.45, 2.75) is 6.92 Å². The Kier molecular flexibility index (Phi) is 2.33. The van der Waals surface area contributed by atoms with Crippen molar-refractivity contribution in [2.75, 3.05) is 0 Å². The van der Waals surface area contributed by atoms with Crippen LogP contribution in [0, 0.1) is 18.3 Å². The molecular formula is C7H4Cl2N2.